The Morgan fingerprint density at radius 1 is 1.29 bits per heavy atom. The van der Waals surface area contributed by atoms with Crippen molar-refractivity contribution in [1.29, 1.82) is 5.41 Å². The third kappa shape index (κ3) is 3.63. The lowest BCUT2D eigenvalue weighted by Gasteiger charge is -2.24. The van der Waals surface area contributed by atoms with Gasteiger partial charge in [0, 0.05) is 24.3 Å². The molecule has 0 radical (unpaired) electrons. The lowest BCUT2D eigenvalue weighted by atomic mass is 10.1. The highest BCUT2D eigenvalue weighted by Crippen LogP contribution is 2.23. The molecule has 1 aromatic rings. The molecular weight excluding hydrogens is 234 g/mol. The zero-order valence-electron chi connectivity index (χ0n) is 10.5. The van der Waals surface area contributed by atoms with E-state index in [1.54, 1.807) is 0 Å². The molecule has 17 heavy (non-hydrogen) atoms. The van der Waals surface area contributed by atoms with Crippen molar-refractivity contribution in [2.75, 3.05) is 18.0 Å². The van der Waals surface area contributed by atoms with Crippen LogP contribution in [-0.4, -0.2) is 18.9 Å². The van der Waals surface area contributed by atoms with Crippen LogP contribution in [0.2, 0.25) is 5.02 Å². The van der Waals surface area contributed by atoms with Crippen molar-refractivity contribution in [2.24, 2.45) is 5.73 Å². The van der Waals surface area contributed by atoms with Crippen LogP contribution in [0.15, 0.2) is 18.2 Å². The molecule has 0 aromatic heterocycles. The second kappa shape index (κ2) is 6.50. The molecule has 0 aliphatic carbocycles. The molecule has 0 saturated heterocycles. The van der Waals surface area contributed by atoms with Gasteiger partial charge in [-0.1, -0.05) is 25.4 Å². The van der Waals surface area contributed by atoms with Crippen LogP contribution in [0.25, 0.3) is 0 Å². The van der Waals surface area contributed by atoms with Crippen LogP contribution in [-0.2, 0) is 0 Å². The van der Waals surface area contributed by atoms with E-state index in [-0.39, 0.29) is 5.84 Å². The fraction of sp³-hybridized carbons (Fsp3) is 0.462. The second-order valence-electron chi connectivity index (χ2n) is 4.06. The first-order valence-corrected chi connectivity index (χ1v) is 6.36. The molecule has 0 unspecified atom stereocenters. The van der Waals surface area contributed by atoms with E-state index >= 15 is 0 Å². The number of rotatable bonds is 6. The summed E-state index contributed by atoms with van der Waals surface area (Å²) in [5, 5.41) is 7.94. The van der Waals surface area contributed by atoms with Gasteiger partial charge in [0.1, 0.15) is 5.84 Å². The van der Waals surface area contributed by atoms with E-state index in [0.29, 0.717) is 10.6 Å². The monoisotopic (exact) mass is 253 g/mol. The van der Waals surface area contributed by atoms with Crippen molar-refractivity contribution in [3.8, 4) is 0 Å². The molecule has 4 heteroatoms. The van der Waals surface area contributed by atoms with Crippen LogP contribution < -0.4 is 10.6 Å². The van der Waals surface area contributed by atoms with Crippen LogP contribution in [0, 0.1) is 5.41 Å². The Kier molecular flexibility index (Phi) is 5.29. The minimum absolute atomic E-state index is 0.0130. The Labute approximate surface area is 108 Å². The van der Waals surface area contributed by atoms with Crippen LogP contribution >= 0.6 is 11.6 Å². The number of nitrogens with zero attached hydrogens (tertiary/aromatic N) is 1. The number of nitrogen functional groups attached to an aromatic ring is 1. The lowest BCUT2D eigenvalue weighted by Crippen LogP contribution is -2.25. The van der Waals surface area contributed by atoms with E-state index in [9.17, 15) is 0 Å². The summed E-state index contributed by atoms with van der Waals surface area (Å²) in [7, 11) is 0. The first kappa shape index (κ1) is 13.8. The molecule has 0 aliphatic rings. The fourth-order valence-corrected chi connectivity index (χ4v) is 2.11. The average molecular weight is 254 g/mol. The fourth-order valence-electron chi connectivity index (χ4n) is 1.83. The zero-order chi connectivity index (χ0) is 12.8. The highest BCUT2D eigenvalue weighted by molar-refractivity contribution is 6.34. The molecule has 0 amide bonds. The minimum Gasteiger partial charge on any atom is -0.384 e. The van der Waals surface area contributed by atoms with Crippen LogP contribution in [0.5, 0.6) is 0 Å². The Morgan fingerprint density at radius 2 is 1.88 bits per heavy atom. The number of halogens is 1. The summed E-state index contributed by atoms with van der Waals surface area (Å²) >= 11 is 6.12. The lowest BCUT2D eigenvalue weighted by molar-refractivity contribution is 0.745. The van der Waals surface area contributed by atoms with Crippen molar-refractivity contribution in [3.05, 3.63) is 28.8 Å². The topological polar surface area (TPSA) is 53.1 Å². The Balaban J connectivity index is 2.97. The van der Waals surface area contributed by atoms with Crippen molar-refractivity contribution < 1.29 is 0 Å². The molecule has 0 heterocycles. The molecule has 1 rings (SSSR count). The van der Waals surface area contributed by atoms with E-state index in [2.05, 4.69) is 18.7 Å². The number of benzene rings is 1. The molecule has 0 spiro atoms. The molecule has 1 aromatic carbocycles. The van der Waals surface area contributed by atoms with E-state index < -0.39 is 0 Å². The first-order chi connectivity index (χ1) is 8.10. The van der Waals surface area contributed by atoms with Gasteiger partial charge in [0.05, 0.1) is 5.02 Å². The number of nitrogens with two attached hydrogens (primary N) is 1. The SMILES string of the molecule is CCCN(CCC)c1ccc(C(=N)N)c(Cl)c1. The van der Waals surface area contributed by atoms with Gasteiger partial charge in [-0.15, -0.1) is 0 Å². The second-order valence-corrected chi connectivity index (χ2v) is 4.47. The smallest absolute Gasteiger partial charge is 0.124 e. The maximum Gasteiger partial charge on any atom is 0.124 e. The minimum atomic E-state index is 0.0130. The summed E-state index contributed by atoms with van der Waals surface area (Å²) in [6, 6.07) is 5.69. The summed E-state index contributed by atoms with van der Waals surface area (Å²) < 4.78 is 0. The maximum absolute atomic E-state index is 7.40. The predicted octanol–water partition coefficient (Wildman–Crippen LogP) is 3.25. The van der Waals surface area contributed by atoms with Crippen molar-refractivity contribution in [1.82, 2.24) is 0 Å². The molecule has 3 N–H and O–H groups in total. The van der Waals surface area contributed by atoms with Crippen LogP contribution in [0.3, 0.4) is 0 Å². The quantitative estimate of drug-likeness (QED) is 0.604. The number of amidine groups is 1. The molecule has 0 atom stereocenters. The van der Waals surface area contributed by atoms with Crippen LogP contribution in [0.4, 0.5) is 5.69 Å². The first-order valence-electron chi connectivity index (χ1n) is 5.99. The summed E-state index contributed by atoms with van der Waals surface area (Å²) in [4.78, 5) is 2.30. The molecule has 0 aliphatic heterocycles. The van der Waals surface area contributed by atoms with E-state index in [1.807, 2.05) is 18.2 Å². The van der Waals surface area contributed by atoms with E-state index in [4.69, 9.17) is 22.7 Å². The third-order valence-corrected chi connectivity index (χ3v) is 2.91. The highest BCUT2D eigenvalue weighted by atomic mass is 35.5. The number of anilines is 1. The number of hydrogen-bond donors (Lipinski definition) is 2. The average Bonchev–Trinajstić information content (AvgIpc) is 2.28. The van der Waals surface area contributed by atoms with Gasteiger partial charge in [-0.3, -0.25) is 5.41 Å². The number of nitrogens with one attached hydrogen (secondary N) is 1. The summed E-state index contributed by atoms with van der Waals surface area (Å²) in [6.45, 7) is 6.36. The van der Waals surface area contributed by atoms with Gasteiger partial charge in [-0.05, 0) is 31.0 Å². The predicted molar refractivity (Wildman–Crippen MR) is 75.3 cm³/mol. The van der Waals surface area contributed by atoms with Crippen molar-refractivity contribution >= 4 is 23.1 Å². The third-order valence-electron chi connectivity index (χ3n) is 2.60. The molecule has 0 bridgehead atoms. The summed E-state index contributed by atoms with van der Waals surface area (Å²) in [5.74, 6) is 0.0130. The van der Waals surface area contributed by atoms with Crippen molar-refractivity contribution in [3.63, 3.8) is 0 Å². The molecule has 0 fully saturated rings. The largest absolute Gasteiger partial charge is 0.384 e. The van der Waals surface area contributed by atoms with Gasteiger partial charge in [0.15, 0.2) is 0 Å². The van der Waals surface area contributed by atoms with Gasteiger partial charge < -0.3 is 10.6 Å². The molecular formula is C13H20ClN3. The Hall–Kier alpha value is -1.22. The number of hydrogen-bond acceptors (Lipinski definition) is 2. The molecule has 3 nitrogen and oxygen atoms in total. The van der Waals surface area contributed by atoms with Gasteiger partial charge in [-0.2, -0.15) is 0 Å². The summed E-state index contributed by atoms with van der Waals surface area (Å²) in [6.07, 6.45) is 2.21. The summed E-state index contributed by atoms with van der Waals surface area (Å²) in [5.41, 5.74) is 7.14. The zero-order valence-corrected chi connectivity index (χ0v) is 11.2. The molecule has 0 saturated carbocycles. The maximum atomic E-state index is 7.40. The van der Waals surface area contributed by atoms with Gasteiger partial charge in [0.2, 0.25) is 0 Å². The highest BCUT2D eigenvalue weighted by Gasteiger charge is 2.08. The normalized spacial score (nSPS) is 10.3. The molecule has 94 valence electrons. The Morgan fingerprint density at radius 3 is 2.29 bits per heavy atom. The van der Waals surface area contributed by atoms with Crippen molar-refractivity contribution in [2.45, 2.75) is 26.7 Å². The standard InChI is InChI=1S/C13H20ClN3/c1-3-7-17(8-4-2)10-5-6-11(13(15)16)12(14)9-10/h5-6,9H,3-4,7-8H2,1-2H3,(H3,15,16). The van der Waals surface area contributed by atoms with Gasteiger partial charge in [0.25, 0.3) is 0 Å². The Bertz CT molecular complexity index is 384. The van der Waals surface area contributed by atoms with E-state index in [1.165, 1.54) is 0 Å². The van der Waals surface area contributed by atoms with Gasteiger partial charge in [-0.25, -0.2) is 0 Å². The van der Waals surface area contributed by atoms with E-state index in [0.717, 1.165) is 31.6 Å². The van der Waals surface area contributed by atoms with Crippen LogP contribution in [0.1, 0.15) is 32.3 Å². The van der Waals surface area contributed by atoms with Gasteiger partial charge >= 0.3 is 0 Å².